The van der Waals surface area contributed by atoms with E-state index in [1.165, 1.54) is 0 Å². The molecule has 0 radical (unpaired) electrons. The molecule has 0 heterocycles. The zero-order chi connectivity index (χ0) is 23.7. The van der Waals surface area contributed by atoms with Gasteiger partial charge in [0.15, 0.2) is 0 Å². The molecule has 0 bridgehead atoms. The van der Waals surface area contributed by atoms with Crippen molar-refractivity contribution in [2.75, 3.05) is 13.3 Å². The normalized spacial score (nSPS) is 8.94. The molecule has 8 heteroatoms. The molecule has 3 N–H and O–H groups in total. The Labute approximate surface area is 250 Å². The molecule has 6 nitrogen and oxygen atoms in total. The Morgan fingerprint density at radius 2 is 1.17 bits per heavy atom. The van der Waals surface area contributed by atoms with Crippen LogP contribution in [0.25, 0.3) is 11.1 Å². The molecular weight excluding hydrogens is 464 g/mol. The van der Waals surface area contributed by atoms with E-state index in [2.05, 4.69) is 5.32 Å². The Kier molecular flexibility index (Phi) is 18.9. The van der Waals surface area contributed by atoms with Gasteiger partial charge >= 0.3 is 59.1 Å². The fourth-order valence-electron chi connectivity index (χ4n) is 2.61. The number of para-hydroxylation sites is 3. The van der Waals surface area contributed by atoms with Crippen molar-refractivity contribution in [3.05, 3.63) is 115 Å². The van der Waals surface area contributed by atoms with Gasteiger partial charge in [0.05, 0.1) is 12.7 Å². The van der Waals surface area contributed by atoms with E-state index in [0.29, 0.717) is 5.75 Å². The fourth-order valence-corrected chi connectivity index (χ4v) is 2.61. The van der Waals surface area contributed by atoms with Crippen LogP contribution >= 0.6 is 0 Å². The summed E-state index contributed by atoms with van der Waals surface area (Å²) in [5.41, 5.74) is 1.92. The molecule has 4 rings (SSSR count). The molecular formula is C27H27NNa2O5. The van der Waals surface area contributed by atoms with Gasteiger partial charge in [0.2, 0.25) is 0 Å². The third kappa shape index (κ3) is 14.1. The molecule has 0 aliphatic carbocycles. The SMILES string of the molecule is O=C([O-])CNCO.Oc1ccccc1-c1ccccc1.[Na+].[NaH].c1ccc(Oc2ccccc2)cc1. The summed E-state index contributed by atoms with van der Waals surface area (Å²) < 4.78 is 5.58. The van der Waals surface area contributed by atoms with Crippen LogP contribution in [0.15, 0.2) is 115 Å². The monoisotopic (exact) mass is 491 g/mol. The number of rotatable bonds is 6. The van der Waals surface area contributed by atoms with Crippen LogP contribution in [0.3, 0.4) is 0 Å². The second-order valence-electron chi connectivity index (χ2n) is 6.57. The second kappa shape index (κ2) is 20.1. The largest absolute Gasteiger partial charge is 0.457 e. The Balaban J connectivity index is 0.000000506. The third-order valence-corrected chi connectivity index (χ3v) is 4.09. The quantitative estimate of drug-likeness (QED) is 0.263. The summed E-state index contributed by atoms with van der Waals surface area (Å²) >= 11 is 0. The van der Waals surface area contributed by atoms with Gasteiger partial charge in [0.1, 0.15) is 17.2 Å². The standard InChI is InChI=1S/2C12H10O.C3H7NO3.2Na.H/c1-3-7-11(8-4-1)13-12-9-5-2-6-10-12;13-12-9-5-4-8-11(12)10-6-2-1-3-7-10;5-2-4-1-3(6)7;;;/h1-10H;1-9,13H;4-5H,1-2H2,(H,6,7);;;/q;;;;+1;/p-1. The minimum Gasteiger partial charge on any atom is -0.457 e. The van der Waals surface area contributed by atoms with E-state index in [1.807, 2.05) is 109 Å². The molecule has 0 aliphatic heterocycles. The van der Waals surface area contributed by atoms with Gasteiger partial charge in [-0.15, -0.1) is 0 Å². The second-order valence-corrected chi connectivity index (χ2v) is 6.57. The number of carbonyl (C=O) groups is 1. The van der Waals surface area contributed by atoms with Gasteiger partial charge in [0.25, 0.3) is 0 Å². The summed E-state index contributed by atoms with van der Waals surface area (Å²) in [6.45, 7) is -0.621. The first-order chi connectivity index (χ1) is 16.1. The van der Waals surface area contributed by atoms with E-state index in [4.69, 9.17) is 9.84 Å². The Morgan fingerprint density at radius 1 is 0.743 bits per heavy atom. The molecule has 4 aromatic carbocycles. The summed E-state index contributed by atoms with van der Waals surface area (Å²) in [5.74, 6) is 0.852. The zero-order valence-corrected chi connectivity index (χ0v) is 21.0. The predicted molar refractivity (Wildman–Crippen MR) is 134 cm³/mol. The van der Waals surface area contributed by atoms with Crippen LogP contribution in [0.1, 0.15) is 0 Å². The van der Waals surface area contributed by atoms with Crippen LogP contribution < -0.4 is 44.7 Å². The average Bonchev–Trinajstić information content (AvgIpc) is 2.86. The number of hydrogen-bond acceptors (Lipinski definition) is 6. The van der Waals surface area contributed by atoms with Crippen molar-refractivity contribution in [1.29, 1.82) is 0 Å². The fraction of sp³-hybridized carbons (Fsp3) is 0.0741. The summed E-state index contributed by atoms with van der Waals surface area (Å²) in [6, 6.07) is 36.7. The third-order valence-electron chi connectivity index (χ3n) is 4.09. The summed E-state index contributed by atoms with van der Waals surface area (Å²) in [5, 5.41) is 29.1. The number of aliphatic carboxylic acids is 1. The first kappa shape index (κ1) is 32.9. The molecule has 35 heavy (non-hydrogen) atoms. The van der Waals surface area contributed by atoms with Gasteiger partial charge in [-0.25, -0.2) is 0 Å². The molecule has 0 spiro atoms. The van der Waals surface area contributed by atoms with Gasteiger partial charge in [-0.1, -0.05) is 84.9 Å². The average molecular weight is 491 g/mol. The maximum Gasteiger partial charge on any atom is 0.127 e. The smallest absolute Gasteiger partial charge is 0.127 e. The number of aliphatic hydroxyl groups excluding tert-OH is 1. The number of carboxylic acid groups (broad SMARTS) is 1. The molecule has 0 aromatic heterocycles. The van der Waals surface area contributed by atoms with Crippen molar-refractivity contribution in [1.82, 2.24) is 5.32 Å². The molecule has 4 aromatic rings. The van der Waals surface area contributed by atoms with Crippen LogP contribution in [-0.2, 0) is 4.79 Å². The number of carbonyl (C=O) groups excluding carboxylic acids is 1. The number of aliphatic hydroxyl groups is 1. The van der Waals surface area contributed by atoms with Gasteiger partial charge in [-0.2, -0.15) is 0 Å². The molecule has 0 atom stereocenters. The van der Waals surface area contributed by atoms with Crippen molar-refractivity contribution in [3.8, 4) is 28.4 Å². The Hall–Kier alpha value is -2.13. The van der Waals surface area contributed by atoms with Crippen LogP contribution in [0.4, 0.5) is 0 Å². The van der Waals surface area contributed by atoms with E-state index >= 15 is 0 Å². The van der Waals surface area contributed by atoms with Crippen molar-refractivity contribution in [2.24, 2.45) is 0 Å². The van der Waals surface area contributed by atoms with E-state index in [9.17, 15) is 15.0 Å². The molecule has 0 saturated carbocycles. The van der Waals surface area contributed by atoms with Crippen molar-refractivity contribution in [2.45, 2.75) is 0 Å². The van der Waals surface area contributed by atoms with Crippen molar-refractivity contribution < 1.29 is 54.4 Å². The summed E-state index contributed by atoms with van der Waals surface area (Å²) in [4.78, 5) is 9.47. The molecule has 0 saturated heterocycles. The first-order valence-corrected chi connectivity index (χ1v) is 10.2. The van der Waals surface area contributed by atoms with E-state index in [0.717, 1.165) is 22.6 Å². The van der Waals surface area contributed by atoms with Crippen LogP contribution in [0.5, 0.6) is 17.2 Å². The number of carboxylic acids is 1. The number of phenolic OH excluding ortho intramolecular Hbond substituents is 1. The van der Waals surface area contributed by atoms with Crippen molar-refractivity contribution in [3.63, 3.8) is 0 Å². The van der Waals surface area contributed by atoms with Gasteiger partial charge in [-0.3, -0.25) is 5.32 Å². The van der Waals surface area contributed by atoms with E-state index in [1.54, 1.807) is 6.07 Å². The number of ether oxygens (including phenoxy) is 1. The number of aromatic hydroxyl groups is 1. The Morgan fingerprint density at radius 3 is 1.57 bits per heavy atom. The molecule has 0 aliphatic rings. The molecule has 172 valence electrons. The minimum absolute atomic E-state index is 0. The summed E-state index contributed by atoms with van der Waals surface area (Å²) in [7, 11) is 0. The summed E-state index contributed by atoms with van der Waals surface area (Å²) in [6.07, 6.45) is 0. The minimum atomic E-state index is -1.21. The van der Waals surface area contributed by atoms with E-state index < -0.39 is 5.97 Å². The molecule has 0 fully saturated rings. The zero-order valence-electron chi connectivity index (χ0n) is 19.0. The number of phenols is 1. The maximum atomic E-state index is 9.56. The number of hydrogen-bond donors (Lipinski definition) is 3. The van der Waals surface area contributed by atoms with Crippen molar-refractivity contribution >= 4 is 35.5 Å². The first-order valence-electron chi connectivity index (χ1n) is 10.2. The van der Waals surface area contributed by atoms with Gasteiger partial charge in [0, 0.05) is 12.1 Å². The van der Waals surface area contributed by atoms with E-state index in [-0.39, 0.29) is 72.4 Å². The number of nitrogens with one attached hydrogen (secondary N) is 1. The molecule has 0 unspecified atom stereocenters. The van der Waals surface area contributed by atoms with Crippen LogP contribution in [0.2, 0.25) is 0 Å². The topological polar surface area (TPSA) is 102 Å². The Bertz CT molecular complexity index is 1030. The predicted octanol–water partition coefficient (Wildman–Crippen LogP) is 0.169. The number of benzene rings is 4. The maximum absolute atomic E-state index is 9.56. The van der Waals surface area contributed by atoms with Gasteiger partial charge < -0.3 is 24.9 Å². The van der Waals surface area contributed by atoms with Gasteiger partial charge in [-0.05, 0) is 35.9 Å². The van der Waals surface area contributed by atoms with Crippen LogP contribution in [-0.4, -0.2) is 59.0 Å². The van der Waals surface area contributed by atoms with Crippen LogP contribution in [0, 0.1) is 0 Å². The molecule has 0 amide bonds.